The molecule has 0 aromatic heterocycles. The van der Waals surface area contributed by atoms with Crippen molar-refractivity contribution >= 4 is 22.1 Å². The Kier molecular flexibility index (Phi) is 9.78. The van der Waals surface area contributed by atoms with Crippen LogP contribution in [-0.4, -0.2) is 37.1 Å². The molecule has 0 radical (unpaired) electrons. The summed E-state index contributed by atoms with van der Waals surface area (Å²) in [6.45, 7) is 0. The fraction of sp³-hybridized carbons (Fsp3) is 0.600. The van der Waals surface area contributed by atoms with Crippen LogP contribution in [0.5, 0.6) is 0 Å². The van der Waals surface area contributed by atoms with Crippen molar-refractivity contribution in [3.63, 3.8) is 0 Å². The van der Waals surface area contributed by atoms with Crippen molar-refractivity contribution in [2.45, 2.75) is 81.3 Å². The summed E-state index contributed by atoms with van der Waals surface area (Å²) in [5.74, 6) is -1.48. The Balaban J connectivity index is 0.00000225. The Morgan fingerprint density at radius 2 is 1.34 bits per heavy atom. The third-order valence-corrected chi connectivity index (χ3v) is 6.26. The van der Waals surface area contributed by atoms with Crippen molar-refractivity contribution < 1.29 is 84.8 Å². The molecule has 2 saturated carbocycles. The summed E-state index contributed by atoms with van der Waals surface area (Å²) in [6.07, 6.45) is 8.66. The standard InChI is InChI=1S/C20H26O7S.K.H/c21-19(26-15-7-3-1-4-8-15)14-11-12-17(18(13-14)28(23,24)25)20(22)27-16-9-5-2-6-10-16;;/h11-13,15-16H,1-10H2,(H,23,24,25);;/q;+1;-1. The molecule has 2 aliphatic rings. The molecule has 0 amide bonds. The Hall–Kier alpha value is -0.294. The van der Waals surface area contributed by atoms with Gasteiger partial charge in [-0.25, -0.2) is 9.59 Å². The van der Waals surface area contributed by atoms with Crippen molar-refractivity contribution in [3.8, 4) is 0 Å². The van der Waals surface area contributed by atoms with Gasteiger partial charge in [0, 0.05) is 0 Å². The average molecular weight is 451 g/mol. The third-order valence-electron chi connectivity index (χ3n) is 5.37. The predicted molar refractivity (Wildman–Crippen MR) is 102 cm³/mol. The van der Waals surface area contributed by atoms with Crippen LogP contribution in [0.15, 0.2) is 23.1 Å². The molecular formula is C20H27KO7S. The largest absolute Gasteiger partial charge is 1.00 e. The Morgan fingerprint density at radius 3 is 1.83 bits per heavy atom. The van der Waals surface area contributed by atoms with Gasteiger partial charge in [0.25, 0.3) is 10.1 Å². The zero-order valence-electron chi connectivity index (χ0n) is 17.8. The second kappa shape index (κ2) is 11.4. The topological polar surface area (TPSA) is 107 Å². The number of ether oxygens (including phenoxy) is 2. The van der Waals surface area contributed by atoms with E-state index in [9.17, 15) is 22.6 Å². The Labute approximate surface area is 215 Å². The van der Waals surface area contributed by atoms with Crippen LogP contribution in [0, 0.1) is 0 Å². The van der Waals surface area contributed by atoms with Crippen molar-refractivity contribution in [1.82, 2.24) is 0 Å². The van der Waals surface area contributed by atoms with Gasteiger partial charge >= 0.3 is 63.3 Å². The minimum Gasteiger partial charge on any atom is -1.00 e. The van der Waals surface area contributed by atoms with Crippen LogP contribution in [0.1, 0.15) is 86.4 Å². The van der Waals surface area contributed by atoms with Gasteiger partial charge in [-0.3, -0.25) is 4.55 Å². The second-order valence-electron chi connectivity index (χ2n) is 7.52. The number of hydrogen-bond donors (Lipinski definition) is 1. The molecule has 0 aliphatic heterocycles. The zero-order valence-corrected chi connectivity index (χ0v) is 20.7. The van der Waals surface area contributed by atoms with Crippen LogP contribution in [0.25, 0.3) is 0 Å². The first-order valence-corrected chi connectivity index (χ1v) is 11.3. The second-order valence-corrected chi connectivity index (χ2v) is 8.91. The maximum absolute atomic E-state index is 12.5. The molecule has 0 spiro atoms. The number of benzene rings is 1. The monoisotopic (exact) mass is 450 g/mol. The van der Waals surface area contributed by atoms with Crippen LogP contribution in [0.3, 0.4) is 0 Å². The van der Waals surface area contributed by atoms with E-state index in [1.807, 2.05) is 0 Å². The predicted octanol–water partition coefficient (Wildman–Crippen LogP) is 1.03. The van der Waals surface area contributed by atoms with Crippen molar-refractivity contribution in [2.75, 3.05) is 0 Å². The number of hydrogen-bond acceptors (Lipinski definition) is 6. The van der Waals surface area contributed by atoms with Gasteiger partial charge in [0.1, 0.15) is 17.1 Å². The number of esters is 2. The van der Waals surface area contributed by atoms with Gasteiger partial charge in [-0.1, -0.05) is 12.8 Å². The summed E-state index contributed by atoms with van der Waals surface area (Å²) in [5.41, 5.74) is -0.297. The molecule has 1 aromatic carbocycles. The molecule has 9 heteroatoms. The molecule has 0 heterocycles. The number of rotatable bonds is 5. The molecule has 0 atom stereocenters. The van der Waals surface area contributed by atoms with E-state index in [1.54, 1.807) is 0 Å². The van der Waals surface area contributed by atoms with Crippen molar-refractivity contribution in [1.29, 1.82) is 0 Å². The normalized spacial score (nSPS) is 18.5. The zero-order chi connectivity index (χ0) is 20.1. The first-order valence-electron chi connectivity index (χ1n) is 9.88. The van der Waals surface area contributed by atoms with Crippen molar-refractivity contribution in [3.05, 3.63) is 29.3 Å². The van der Waals surface area contributed by atoms with E-state index in [0.717, 1.165) is 70.3 Å². The van der Waals surface area contributed by atoms with E-state index in [1.165, 1.54) is 12.1 Å². The average Bonchev–Trinajstić information content (AvgIpc) is 2.68. The van der Waals surface area contributed by atoms with Crippen LogP contribution in [0.4, 0.5) is 0 Å². The fourth-order valence-corrected chi connectivity index (χ4v) is 4.54. The molecule has 29 heavy (non-hydrogen) atoms. The van der Waals surface area contributed by atoms with Gasteiger partial charge in [0.2, 0.25) is 0 Å². The molecule has 0 unspecified atom stereocenters. The van der Waals surface area contributed by atoms with E-state index in [2.05, 4.69) is 0 Å². The van der Waals surface area contributed by atoms with Gasteiger partial charge < -0.3 is 10.9 Å². The minimum absolute atomic E-state index is 0. The summed E-state index contributed by atoms with van der Waals surface area (Å²) in [4.78, 5) is 24.2. The number of carbonyl (C=O) groups is 2. The molecule has 1 aromatic rings. The fourth-order valence-electron chi connectivity index (χ4n) is 3.83. The number of carbonyl (C=O) groups excluding carboxylic acids is 2. The summed E-state index contributed by atoms with van der Waals surface area (Å²) in [5, 5.41) is 0. The molecule has 0 saturated heterocycles. The van der Waals surface area contributed by atoms with E-state index in [4.69, 9.17) is 9.47 Å². The maximum atomic E-state index is 12.5. The summed E-state index contributed by atoms with van der Waals surface area (Å²) in [7, 11) is -4.72. The maximum Gasteiger partial charge on any atom is 1.00 e. The Bertz CT molecular complexity index is 832. The van der Waals surface area contributed by atoms with E-state index >= 15 is 0 Å². The molecule has 3 rings (SSSR count). The van der Waals surface area contributed by atoms with Crippen molar-refractivity contribution in [2.24, 2.45) is 0 Å². The Morgan fingerprint density at radius 1 is 0.862 bits per heavy atom. The molecule has 7 nitrogen and oxygen atoms in total. The van der Waals surface area contributed by atoms with Gasteiger partial charge in [-0.15, -0.1) is 0 Å². The first-order chi connectivity index (χ1) is 13.3. The SMILES string of the molecule is O=C(OC1CCCCC1)c1ccc(C(=O)OC2CCCCC2)c(S(=O)(=O)O)c1.[H-].[K+]. The molecule has 2 fully saturated rings. The molecule has 0 bridgehead atoms. The third kappa shape index (κ3) is 7.12. The smallest absolute Gasteiger partial charge is 1.00 e. The quantitative estimate of drug-likeness (QED) is 0.406. The van der Waals surface area contributed by atoms with Crippen LogP contribution in [-0.2, 0) is 19.6 Å². The van der Waals surface area contributed by atoms with Crippen LogP contribution >= 0.6 is 0 Å². The summed E-state index contributed by atoms with van der Waals surface area (Å²) >= 11 is 0. The molecular weight excluding hydrogens is 423 g/mol. The summed E-state index contributed by atoms with van der Waals surface area (Å²) < 4.78 is 44.0. The van der Waals surface area contributed by atoms with E-state index < -0.39 is 27.0 Å². The van der Waals surface area contributed by atoms with Gasteiger partial charge in [-0.2, -0.15) is 8.42 Å². The van der Waals surface area contributed by atoms with Gasteiger partial charge in [0.15, 0.2) is 0 Å². The van der Waals surface area contributed by atoms with E-state index in [0.29, 0.717) is 0 Å². The van der Waals surface area contributed by atoms with Gasteiger partial charge in [0.05, 0.1) is 11.1 Å². The minimum atomic E-state index is -4.72. The summed E-state index contributed by atoms with van der Waals surface area (Å²) in [6, 6.07) is 3.51. The molecule has 1 N–H and O–H groups in total. The van der Waals surface area contributed by atoms with Crippen LogP contribution in [0.2, 0.25) is 0 Å². The van der Waals surface area contributed by atoms with E-state index in [-0.39, 0.29) is 76.1 Å². The molecule has 156 valence electrons. The first kappa shape index (κ1) is 25.0. The van der Waals surface area contributed by atoms with Crippen LogP contribution < -0.4 is 51.4 Å². The molecule has 2 aliphatic carbocycles. The van der Waals surface area contributed by atoms with Gasteiger partial charge in [-0.05, 0) is 69.6 Å².